The summed E-state index contributed by atoms with van der Waals surface area (Å²) in [4.78, 5) is 15.8. The van der Waals surface area contributed by atoms with Crippen LogP contribution in [0.3, 0.4) is 0 Å². The van der Waals surface area contributed by atoms with Crippen molar-refractivity contribution >= 4 is 17.4 Å². The van der Waals surface area contributed by atoms with E-state index in [2.05, 4.69) is 10.1 Å². The van der Waals surface area contributed by atoms with Crippen LogP contribution in [0.4, 0.5) is 8.78 Å². The molecule has 0 N–H and O–H groups in total. The molecule has 2 aliphatic rings. The standard InChI is InChI=1S/C24H25F2N3O2/c25-17-4-5-20-23(14-17)31-27-24(20)16-6-10-28(11-7-16)12-9-22-19-2-1-3-21(26)18(19)8-13-29(22)15-30/h1-5,14-16,22H,6-13H2. The van der Waals surface area contributed by atoms with Gasteiger partial charge in [0.1, 0.15) is 11.6 Å². The number of likely N-dealkylation sites (tertiary alicyclic amines) is 1. The molecule has 0 bridgehead atoms. The maximum atomic E-state index is 14.2. The summed E-state index contributed by atoms with van der Waals surface area (Å²) in [7, 11) is 0. The zero-order valence-corrected chi connectivity index (χ0v) is 17.3. The van der Waals surface area contributed by atoms with Crippen LogP contribution in [0.5, 0.6) is 0 Å². The molecule has 5 rings (SSSR count). The number of benzene rings is 2. The molecule has 3 heterocycles. The van der Waals surface area contributed by atoms with E-state index >= 15 is 0 Å². The molecule has 1 atom stereocenters. The van der Waals surface area contributed by atoms with Crippen molar-refractivity contribution in [3.63, 3.8) is 0 Å². The van der Waals surface area contributed by atoms with Gasteiger partial charge in [-0.25, -0.2) is 8.78 Å². The Kier molecular flexibility index (Phi) is 5.44. The predicted molar refractivity (Wildman–Crippen MR) is 113 cm³/mol. The lowest BCUT2D eigenvalue weighted by Crippen LogP contribution is -2.39. The van der Waals surface area contributed by atoms with Gasteiger partial charge in [0.15, 0.2) is 5.58 Å². The van der Waals surface area contributed by atoms with E-state index in [1.165, 1.54) is 18.2 Å². The molecule has 1 saturated heterocycles. The van der Waals surface area contributed by atoms with E-state index in [4.69, 9.17) is 4.52 Å². The van der Waals surface area contributed by atoms with Gasteiger partial charge in [-0.05, 0) is 68.1 Å². The number of aromatic nitrogens is 1. The average molecular weight is 425 g/mol. The molecule has 0 radical (unpaired) electrons. The van der Waals surface area contributed by atoms with E-state index in [9.17, 15) is 13.6 Å². The van der Waals surface area contributed by atoms with Crippen LogP contribution in [0, 0.1) is 11.6 Å². The largest absolute Gasteiger partial charge is 0.356 e. The fourth-order valence-corrected chi connectivity index (χ4v) is 5.13. The molecule has 1 amide bonds. The normalized spacial score (nSPS) is 20.2. The van der Waals surface area contributed by atoms with E-state index < -0.39 is 0 Å². The van der Waals surface area contributed by atoms with Gasteiger partial charge >= 0.3 is 0 Å². The summed E-state index contributed by atoms with van der Waals surface area (Å²) in [6.07, 6.45) is 4.14. The van der Waals surface area contributed by atoms with Crippen LogP contribution in [0.25, 0.3) is 11.0 Å². The van der Waals surface area contributed by atoms with Crippen molar-refractivity contribution in [1.29, 1.82) is 0 Å². The molecule has 0 saturated carbocycles. The Morgan fingerprint density at radius 1 is 1.13 bits per heavy atom. The van der Waals surface area contributed by atoms with Crippen molar-refractivity contribution in [2.24, 2.45) is 0 Å². The first-order valence-corrected chi connectivity index (χ1v) is 10.9. The fourth-order valence-electron chi connectivity index (χ4n) is 5.13. The topological polar surface area (TPSA) is 49.6 Å². The number of piperidine rings is 1. The van der Waals surface area contributed by atoms with Crippen LogP contribution in [-0.2, 0) is 11.2 Å². The third-order valence-corrected chi connectivity index (χ3v) is 6.82. The highest BCUT2D eigenvalue weighted by atomic mass is 19.1. The summed E-state index contributed by atoms with van der Waals surface area (Å²) in [5.74, 6) is -0.203. The zero-order valence-electron chi connectivity index (χ0n) is 17.3. The highest BCUT2D eigenvalue weighted by molar-refractivity contribution is 5.79. The molecule has 1 aromatic heterocycles. The smallest absolute Gasteiger partial charge is 0.210 e. The third-order valence-electron chi connectivity index (χ3n) is 6.82. The van der Waals surface area contributed by atoms with Gasteiger partial charge in [0.25, 0.3) is 0 Å². The molecule has 7 heteroatoms. The van der Waals surface area contributed by atoms with Crippen LogP contribution >= 0.6 is 0 Å². The summed E-state index contributed by atoms with van der Waals surface area (Å²) in [6, 6.07) is 9.67. The van der Waals surface area contributed by atoms with Gasteiger partial charge in [0.2, 0.25) is 6.41 Å². The lowest BCUT2D eigenvalue weighted by molar-refractivity contribution is -0.121. The van der Waals surface area contributed by atoms with Crippen molar-refractivity contribution in [3.05, 3.63) is 64.9 Å². The number of rotatable bonds is 5. The Hall–Kier alpha value is -2.80. The molecule has 2 aliphatic heterocycles. The van der Waals surface area contributed by atoms with Crippen molar-refractivity contribution < 1.29 is 18.1 Å². The maximum absolute atomic E-state index is 14.2. The van der Waals surface area contributed by atoms with Crippen LogP contribution in [0.1, 0.15) is 48.0 Å². The molecule has 0 aliphatic carbocycles. The zero-order chi connectivity index (χ0) is 21.4. The monoisotopic (exact) mass is 425 g/mol. The highest BCUT2D eigenvalue weighted by Gasteiger charge is 2.30. The Bertz CT molecular complexity index is 1090. The number of carbonyl (C=O) groups excluding carboxylic acids is 1. The van der Waals surface area contributed by atoms with Gasteiger partial charge in [-0.15, -0.1) is 0 Å². The fraction of sp³-hybridized carbons (Fsp3) is 0.417. The van der Waals surface area contributed by atoms with Crippen molar-refractivity contribution in [2.75, 3.05) is 26.2 Å². The van der Waals surface area contributed by atoms with E-state index in [1.54, 1.807) is 17.0 Å². The number of hydrogen-bond acceptors (Lipinski definition) is 4. The Morgan fingerprint density at radius 3 is 2.77 bits per heavy atom. The molecule has 1 fully saturated rings. The lowest BCUT2D eigenvalue weighted by Gasteiger charge is -2.37. The number of carbonyl (C=O) groups is 1. The molecular formula is C24H25F2N3O2. The first kappa shape index (κ1) is 20.1. The molecule has 31 heavy (non-hydrogen) atoms. The minimum atomic E-state index is -0.321. The minimum absolute atomic E-state index is 0.0796. The second-order valence-electron chi connectivity index (χ2n) is 8.53. The van der Waals surface area contributed by atoms with Crippen molar-refractivity contribution in [3.8, 4) is 0 Å². The quantitative estimate of drug-likeness (QED) is 0.568. The van der Waals surface area contributed by atoms with E-state index in [0.29, 0.717) is 24.5 Å². The summed E-state index contributed by atoms with van der Waals surface area (Å²) < 4.78 is 33.0. The summed E-state index contributed by atoms with van der Waals surface area (Å²) in [5, 5.41) is 5.11. The average Bonchev–Trinajstić information content (AvgIpc) is 3.21. The van der Waals surface area contributed by atoms with Crippen LogP contribution in [0.2, 0.25) is 0 Å². The second-order valence-corrected chi connectivity index (χ2v) is 8.53. The van der Waals surface area contributed by atoms with Gasteiger partial charge in [0, 0.05) is 30.5 Å². The number of nitrogens with zero attached hydrogens (tertiary/aromatic N) is 3. The second kappa shape index (κ2) is 8.38. The molecule has 162 valence electrons. The first-order chi connectivity index (χ1) is 15.1. The van der Waals surface area contributed by atoms with Gasteiger partial charge in [-0.1, -0.05) is 17.3 Å². The highest BCUT2D eigenvalue weighted by Crippen LogP contribution is 2.35. The predicted octanol–water partition coefficient (Wildman–Crippen LogP) is 4.43. The van der Waals surface area contributed by atoms with Crippen LogP contribution in [0.15, 0.2) is 40.9 Å². The lowest BCUT2D eigenvalue weighted by atomic mass is 9.89. The number of fused-ring (bicyclic) bond motifs is 2. The van der Waals surface area contributed by atoms with Gasteiger partial charge < -0.3 is 14.3 Å². The summed E-state index contributed by atoms with van der Waals surface area (Å²) >= 11 is 0. The van der Waals surface area contributed by atoms with Gasteiger partial charge in [-0.2, -0.15) is 0 Å². The Balaban J connectivity index is 1.23. The van der Waals surface area contributed by atoms with Crippen molar-refractivity contribution in [2.45, 2.75) is 37.6 Å². The number of hydrogen-bond donors (Lipinski definition) is 0. The molecule has 5 nitrogen and oxygen atoms in total. The summed E-state index contributed by atoms with van der Waals surface area (Å²) in [5.41, 5.74) is 3.10. The molecular weight excluding hydrogens is 400 g/mol. The third kappa shape index (κ3) is 3.83. The van der Waals surface area contributed by atoms with Crippen molar-refractivity contribution in [1.82, 2.24) is 15.0 Å². The molecule has 2 aromatic carbocycles. The minimum Gasteiger partial charge on any atom is -0.356 e. The first-order valence-electron chi connectivity index (χ1n) is 10.9. The van der Waals surface area contributed by atoms with Crippen LogP contribution < -0.4 is 0 Å². The SMILES string of the molecule is O=CN1CCc2c(F)cccc2C1CCN1CCC(c2noc3cc(F)ccc23)CC1. The maximum Gasteiger partial charge on any atom is 0.210 e. The number of halogens is 2. The number of amides is 1. The van der Waals surface area contributed by atoms with Gasteiger partial charge in [-0.3, -0.25) is 4.79 Å². The molecule has 0 spiro atoms. The Morgan fingerprint density at radius 2 is 1.97 bits per heavy atom. The molecule has 1 unspecified atom stereocenters. The van der Waals surface area contributed by atoms with E-state index in [1.807, 2.05) is 6.07 Å². The van der Waals surface area contributed by atoms with Crippen LogP contribution in [-0.4, -0.2) is 47.5 Å². The van der Waals surface area contributed by atoms with E-state index in [-0.39, 0.29) is 17.7 Å². The van der Waals surface area contributed by atoms with E-state index in [0.717, 1.165) is 67.5 Å². The molecule has 3 aromatic rings. The Labute approximate surface area is 179 Å². The van der Waals surface area contributed by atoms with Gasteiger partial charge in [0.05, 0.1) is 11.7 Å². The summed E-state index contributed by atoms with van der Waals surface area (Å²) in [6.45, 7) is 3.25.